The summed E-state index contributed by atoms with van der Waals surface area (Å²) in [6.45, 7) is 0.0982. The number of hydrogen-bond donors (Lipinski definition) is 1. The van der Waals surface area contributed by atoms with E-state index in [4.69, 9.17) is 4.74 Å². The molecule has 0 amide bonds. The Morgan fingerprint density at radius 1 is 1.53 bits per heavy atom. The van der Waals surface area contributed by atoms with Gasteiger partial charge in [-0.2, -0.15) is 0 Å². The lowest BCUT2D eigenvalue weighted by atomic mass is 10.1. The Balaban J connectivity index is 3.09. The maximum Gasteiger partial charge on any atom is 0.339 e. The van der Waals surface area contributed by atoms with E-state index in [-0.39, 0.29) is 12.2 Å². The number of carbonyl (C=O) groups is 1. The lowest BCUT2D eigenvalue weighted by Gasteiger charge is -2.12. The molecule has 0 saturated carbocycles. The van der Waals surface area contributed by atoms with Crippen LogP contribution in [0.15, 0.2) is 16.6 Å². The Labute approximate surface area is 106 Å². The van der Waals surface area contributed by atoms with Gasteiger partial charge in [0.05, 0.1) is 13.7 Å². The van der Waals surface area contributed by atoms with Gasteiger partial charge >= 0.3 is 5.97 Å². The van der Waals surface area contributed by atoms with Crippen LogP contribution in [0, 0.1) is 5.82 Å². The van der Waals surface area contributed by atoms with E-state index in [2.05, 4.69) is 20.7 Å². The number of hydrogen-bond acceptors (Lipinski definition) is 4. The molecular formula is C11H12BrFO4. The molecule has 0 aliphatic heterocycles. The van der Waals surface area contributed by atoms with Crippen LogP contribution in [-0.4, -0.2) is 25.3 Å². The van der Waals surface area contributed by atoms with E-state index >= 15 is 0 Å². The summed E-state index contributed by atoms with van der Waals surface area (Å²) >= 11 is 3.16. The van der Waals surface area contributed by atoms with Gasteiger partial charge in [0, 0.05) is 17.1 Å². The van der Waals surface area contributed by atoms with Gasteiger partial charge in [-0.3, -0.25) is 0 Å². The number of rotatable bonds is 4. The Morgan fingerprint density at radius 3 is 2.65 bits per heavy atom. The number of methoxy groups -OCH3 is 2. The zero-order chi connectivity index (χ0) is 13.0. The quantitative estimate of drug-likeness (QED) is 0.864. The first kappa shape index (κ1) is 14.1. The average molecular weight is 307 g/mol. The van der Waals surface area contributed by atoms with E-state index in [1.54, 1.807) is 0 Å². The topological polar surface area (TPSA) is 55.8 Å². The van der Waals surface area contributed by atoms with Crippen LogP contribution in [0.2, 0.25) is 0 Å². The molecule has 0 aliphatic rings. The van der Waals surface area contributed by atoms with E-state index < -0.39 is 17.9 Å². The lowest BCUT2D eigenvalue weighted by molar-refractivity contribution is -0.150. The third-order valence-electron chi connectivity index (χ3n) is 2.19. The molecule has 1 N–H and O–H groups in total. The van der Waals surface area contributed by atoms with Crippen molar-refractivity contribution in [2.75, 3.05) is 14.2 Å². The molecule has 0 radical (unpaired) electrons. The minimum Gasteiger partial charge on any atom is -0.467 e. The number of benzene rings is 1. The van der Waals surface area contributed by atoms with Gasteiger partial charge in [-0.1, -0.05) is 15.9 Å². The Bertz CT molecular complexity index is 399. The Hall–Kier alpha value is -0.980. The Morgan fingerprint density at radius 2 is 2.18 bits per heavy atom. The number of ether oxygens (including phenoxy) is 2. The van der Waals surface area contributed by atoms with Crippen molar-refractivity contribution in [3.05, 3.63) is 33.5 Å². The van der Waals surface area contributed by atoms with Crippen LogP contribution in [0.5, 0.6) is 0 Å². The number of esters is 1. The second-order valence-electron chi connectivity index (χ2n) is 3.32. The van der Waals surface area contributed by atoms with Crippen LogP contribution in [0.4, 0.5) is 4.39 Å². The van der Waals surface area contributed by atoms with Crippen LogP contribution in [0.1, 0.15) is 17.2 Å². The van der Waals surface area contributed by atoms with E-state index in [9.17, 15) is 14.3 Å². The molecule has 0 aliphatic carbocycles. The van der Waals surface area contributed by atoms with Gasteiger partial charge in [-0.25, -0.2) is 9.18 Å². The molecule has 94 valence electrons. The van der Waals surface area contributed by atoms with Crippen LogP contribution in [0.25, 0.3) is 0 Å². The minimum atomic E-state index is -1.50. The minimum absolute atomic E-state index is 0.0982. The lowest BCUT2D eigenvalue weighted by Crippen LogP contribution is -2.14. The van der Waals surface area contributed by atoms with Crippen LogP contribution in [0.3, 0.4) is 0 Å². The van der Waals surface area contributed by atoms with Gasteiger partial charge in [-0.15, -0.1) is 0 Å². The maximum atomic E-state index is 13.7. The molecule has 0 aromatic heterocycles. The molecule has 1 aromatic carbocycles. The second kappa shape index (κ2) is 6.09. The predicted octanol–water partition coefficient (Wildman–Crippen LogP) is 1.94. The summed E-state index contributed by atoms with van der Waals surface area (Å²) in [7, 11) is 2.60. The molecule has 1 rings (SSSR count). The van der Waals surface area contributed by atoms with Crippen molar-refractivity contribution in [3.63, 3.8) is 0 Å². The second-order valence-corrected chi connectivity index (χ2v) is 4.18. The van der Waals surface area contributed by atoms with Crippen LogP contribution < -0.4 is 0 Å². The van der Waals surface area contributed by atoms with Crippen molar-refractivity contribution in [1.29, 1.82) is 0 Å². The fourth-order valence-corrected chi connectivity index (χ4v) is 1.88. The van der Waals surface area contributed by atoms with Crippen LogP contribution in [-0.2, 0) is 20.9 Å². The SMILES string of the molecule is COCc1c(F)cc(C(O)C(=O)OC)cc1Br. The summed E-state index contributed by atoms with van der Waals surface area (Å²) in [5, 5.41) is 9.57. The van der Waals surface area contributed by atoms with Crippen molar-refractivity contribution in [2.45, 2.75) is 12.7 Å². The molecule has 0 saturated heterocycles. The molecule has 1 unspecified atom stereocenters. The molecular weight excluding hydrogens is 295 g/mol. The highest BCUT2D eigenvalue weighted by molar-refractivity contribution is 9.10. The predicted molar refractivity (Wildman–Crippen MR) is 61.8 cm³/mol. The largest absolute Gasteiger partial charge is 0.467 e. The fraction of sp³-hybridized carbons (Fsp3) is 0.364. The molecule has 0 fully saturated rings. The molecule has 0 spiro atoms. The molecule has 0 heterocycles. The normalized spacial score (nSPS) is 12.3. The number of carbonyl (C=O) groups excluding carboxylic acids is 1. The summed E-state index contributed by atoms with van der Waals surface area (Å²) < 4.78 is 23.3. The highest BCUT2D eigenvalue weighted by Gasteiger charge is 2.20. The molecule has 1 aromatic rings. The first-order chi connectivity index (χ1) is 8.01. The van der Waals surface area contributed by atoms with Gasteiger partial charge < -0.3 is 14.6 Å². The third-order valence-corrected chi connectivity index (χ3v) is 2.90. The number of aliphatic hydroxyl groups excluding tert-OH is 1. The van der Waals surface area contributed by atoms with Crippen molar-refractivity contribution < 1.29 is 23.8 Å². The van der Waals surface area contributed by atoms with Crippen LogP contribution >= 0.6 is 15.9 Å². The van der Waals surface area contributed by atoms with Crippen molar-refractivity contribution >= 4 is 21.9 Å². The standard InChI is InChI=1S/C11H12BrFO4/c1-16-5-7-8(12)3-6(4-9(7)13)10(14)11(15)17-2/h3-4,10,14H,5H2,1-2H3. The maximum absolute atomic E-state index is 13.7. The van der Waals surface area contributed by atoms with E-state index in [1.807, 2.05) is 0 Å². The molecule has 0 bridgehead atoms. The molecule has 17 heavy (non-hydrogen) atoms. The third kappa shape index (κ3) is 3.24. The van der Waals surface area contributed by atoms with Crippen molar-refractivity contribution in [2.24, 2.45) is 0 Å². The zero-order valence-electron chi connectivity index (χ0n) is 9.37. The Kier molecular flexibility index (Phi) is 5.04. The highest BCUT2D eigenvalue weighted by Crippen LogP contribution is 2.26. The van der Waals surface area contributed by atoms with Gasteiger partial charge in [0.2, 0.25) is 0 Å². The fourth-order valence-electron chi connectivity index (χ4n) is 1.31. The molecule has 4 nitrogen and oxygen atoms in total. The molecule has 1 atom stereocenters. The van der Waals surface area contributed by atoms with Crippen molar-refractivity contribution in [1.82, 2.24) is 0 Å². The highest BCUT2D eigenvalue weighted by atomic mass is 79.9. The first-order valence-electron chi connectivity index (χ1n) is 4.74. The number of aliphatic hydroxyl groups is 1. The van der Waals surface area contributed by atoms with E-state index in [0.717, 1.165) is 13.2 Å². The van der Waals surface area contributed by atoms with Gasteiger partial charge in [0.1, 0.15) is 5.82 Å². The summed E-state index contributed by atoms with van der Waals surface area (Å²) in [6.07, 6.45) is -1.50. The molecule has 6 heteroatoms. The van der Waals surface area contributed by atoms with Gasteiger partial charge in [0.15, 0.2) is 6.10 Å². The smallest absolute Gasteiger partial charge is 0.339 e. The summed E-state index contributed by atoms with van der Waals surface area (Å²) in [6, 6.07) is 2.54. The summed E-state index contributed by atoms with van der Waals surface area (Å²) in [5.41, 5.74) is 0.453. The zero-order valence-corrected chi connectivity index (χ0v) is 11.0. The van der Waals surface area contributed by atoms with Crippen molar-refractivity contribution in [3.8, 4) is 0 Å². The first-order valence-corrected chi connectivity index (χ1v) is 5.53. The van der Waals surface area contributed by atoms with E-state index in [0.29, 0.717) is 10.0 Å². The summed E-state index contributed by atoms with van der Waals surface area (Å²) in [5.74, 6) is -1.39. The monoisotopic (exact) mass is 306 g/mol. The number of halogens is 2. The summed E-state index contributed by atoms with van der Waals surface area (Å²) in [4.78, 5) is 11.1. The average Bonchev–Trinajstić information content (AvgIpc) is 2.31. The van der Waals surface area contributed by atoms with E-state index in [1.165, 1.54) is 13.2 Å². The van der Waals surface area contributed by atoms with Gasteiger partial charge in [-0.05, 0) is 17.7 Å². The van der Waals surface area contributed by atoms with Gasteiger partial charge in [0.25, 0.3) is 0 Å².